The predicted octanol–water partition coefficient (Wildman–Crippen LogP) is 3.35. The number of benzene rings is 1. The monoisotopic (exact) mass is 218 g/mol. The smallest absolute Gasteiger partial charge is 0.308 e. The van der Waals surface area contributed by atoms with Crippen LogP contribution in [-0.4, -0.2) is 5.97 Å². The van der Waals surface area contributed by atoms with Crippen LogP contribution in [0.4, 0.5) is 0 Å². The fraction of sp³-hybridized carbons (Fsp3) is 0.357. The Morgan fingerprint density at radius 2 is 1.75 bits per heavy atom. The van der Waals surface area contributed by atoms with Crippen LogP contribution in [0.15, 0.2) is 24.8 Å². The maximum absolute atomic E-state index is 10.9. The predicted molar refractivity (Wildman–Crippen MR) is 66.0 cm³/mol. The summed E-state index contributed by atoms with van der Waals surface area (Å²) in [7, 11) is 0. The molecule has 86 valence electrons. The quantitative estimate of drug-likeness (QED) is 0.572. The van der Waals surface area contributed by atoms with Crippen molar-refractivity contribution in [3.63, 3.8) is 0 Å². The second-order valence-electron chi connectivity index (χ2n) is 3.68. The molecule has 0 amide bonds. The number of esters is 1. The van der Waals surface area contributed by atoms with Crippen LogP contribution in [0.2, 0.25) is 0 Å². The van der Waals surface area contributed by atoms with Crippen molar-refractivity contribution in [2.75, 3.05) is 0 Å². The lowest BCUT2D eigenvalue weighted by Gasteiger charge is -2.14. The third-order valence-electron chi connectivity index (χ3n) is 2.54. The largest absolute Gasteiger partial charge is 0.427 e. The van der Waals surface area contributed by atoms with E-state index < -0.39 is 0 Å². The van der Waals surface area contributed by atoms with Crippen molar-refractivity contribution in [2.45, 2.75) is 33.6 Å². The molecule has 0 heterocycles. The van der Waals surface area contributed by atoms with Crippen LogP contribution in [0.1, 0.15) is 37.5 Å². The number of carbonyl (C=O) groups excluding carboxylic acids is 1. The van der Waals surface area contributed by atoms with E-state index in [9.17, 15) is 4.79 Å². The minimum atomic E-state index is -0.321. The Labute approximate surface area is 96.9 Å². The maximum Gasteiger partial charge on any atom is 0.308 e. The molecule has 0 aliphatic rings. The summed E-state index contributed by atoms with van der Waals surface area (Å²) in [4.78, 5) is 10.9. The lowest BCUT2D eigenvalue weighted by Crippen LogP contribution is -2.03. The van der Waals surface area contributed by atoms with E-state index in [4.69, 9.17) is 4.74 Å². The van der Waals surface area contributed by atoms with Crippen LogP contribution >= 0.6 is 0 Å². The van der Waals surface area contributed by atoms with Crippen LogP contribution in [0, 0.1) is 0 Å². The summed E-state index contributed by atoms with van der Waals surface area (Å²) >= 11 is 0. The molecular weight excluding hydrogens is 200 g/mol. The topological polar surface area (TPSA) is 26.3 Å². The first-order valence-electron chi connectivity index (χ1n) is 5.58. The highest BCUT2D eigenvalue weighted by Gasteiger charge is 2.11. The molecule has 0 bridgehead atoms. The number of rotatable bonds is 4. The van der Waals surface area contributed by atoms with Crippen molar-refractivity contribution >= 4 is 11.7 Å². The molecule has 0 aliphatic carbocycles. The minimum Gasteiger partial charge on any atom is -0.427 e. The Balaban J connectivity index is 3.17. The molecule has 1 aromatic carbocycles. The molecule has 1 rings (SSSR count). The molecule has 0 spiro atoms. The van der Waals surface area contributed by atoms with E-state index in [-0.39, 0.29) is 5.97 Å². The third kappa shape index (κ3) is 2.72. The van der Waals surface area contributed by atoms with E-state index in [1.807, 2.05) is 18.2 Å². The van der Waals surface area contributed by atoms with Gasteiger partial charge < -0.3 is 4.74 Å². The van der Waals surface area contributed by atoms with Crippen molar-refractivity contribution in [2.24, 2.45) is 0 Å². The fourth-order valence-electron chi connectivity index (χ4n) is 1.83. The van der Waals surface area contributed by atoms with E-state index >= 15 is 0 Å². The molecule has 0 aromatic heterocycles. The standard InChI is InChI=1S/C14H18O2/c1-5-12-8-7-9-13(6-2)14(12)10(3)16-11(4)15/h7-9H,3,5-6H2,1-2,4H3. The van der Waals surface area contributed by atoms with Crippen molar-refractivity contribution < 1.29 is 9.53 Å². The van der Waals surface area contributed by atoms with Crippen LogP contribution in [-0.2, 0) is 22.4 Å². The highest BCUT2D eigenvalue weighted by Crippen LogP contribution is 2.24. The summed E-state index contributed by atoms with van der Waals surface area (Å²) in [6.45, 7) is 9.40. The summed E-state index contributed by atoms with van der Waals surface area (Å²) in [5, 5.41) is 0. The lowest BCUT2D eigenvalue weighted by atomic mass is 9.96. The molecule has 0 fully saturated rings. The van der Waals surface area contributed by atoms with E-state index in [0.29, 0.717) is 5.76 Å². The van der Waals surface area contributed by atoms with Crippen LogP contribution < -0.4 is 0 Å². The molecule has 2 nitrogen and oxygen atoms in total. The summed E-state index contributed by atoms with van der Waals surface area (Å²) in [5.41, 5.74) is 3.33. The van der Waals surface area contributed by atoms with Gasteiger partial charge in [-0.05, 0) is 24.0 Å². The highest BCUT2D eigenvalue weighted by atomic mass is 16.5. The number of carbonyl (C=O) groups is 1. The minimum absolute atomic E-state index is 0.321. The molecule has 2 heteroatoms. The molecule has 0 atom stereocenters. The van der Waals surface area contributed by atoms with Gasteiger partial charge in [-0.15, -0.1) is 0 Å². The van der Waals surface area contributed by atoms with E-state index in [1.165, 1.54) is 18.1 Å². The molecular formula is C14H18O2. The molecule has 0 N–H and O–H groups in total. The molecule has 0 saturated carbocycles. The zero-order valence-electron chi connectivity index (χ0n) is 10.2. The van der Waals surface area contributed by atoms with E-state index in [2.05, 4.69) is 20.4 Å². The SMILES string of the molecule is C=C(OC(C)=O)c1c(CC)cccc1CC. The summed E-state index contributed by atoms with van der Waals surface area (Å²) in [5.74, 6) is 0.139. The molecule has 0 radical (unpaired) electrons. The molecule has 16 heavy (non-hydrogen) atoms. The van der Waals surface area contributed by atoms with Crippen molar-refractivity contribution in [1.82, 2.24) is 0 Å². The Bertz CT molecular complexity index is 383. The Hall–Kier alpha value is -1.57. The van der Waals surface area contributed by atoms with Gasteiger partial charge in [0.15, 0.2) is 0 Å². The fourth-order valence-corrected chi connectivity index (χ4v) is 1.83. The van der Waals surface area contributed by atoms with Gasteiger partial charge in [0.2, 0.25) is 0 Å². The second-order valence-corrected chi connectivity index (χ2v) is 3.68. The van der Waals surface area contributed by atoms with Gasteiger partial charge >= 0.3 is 5.97 Å². The van der Waals surface area contributed by atoms with Gasteiger partial charge in [0.25, 0.3) is 0 Å². The Kier molecular flexibility index (Phi) is 4.29. The van der Waals surface area contributed by atoms with Crippen molar-refractivity contribution in [1.29, 1.82) is 0 Å². The van der Waals surface area contributed by atoms with Crippen molar-refractivity contribution in [3.05, 3.63) is 41.5 Å². The summed E-state index contributed by atoms with van der Waals surface area (Å²) in [6, 6.07) is 6.12. The number of ether oxygens (including phenoxy) is 1. The second kappa shape index (κ2) is 5.50. The summed E-state index contributed by atoms with van der Waals surface area (Å²) in [6.07, 6.45) is 1.81. The number of aryl methyl sites for hydroxylation is 2. The number of hydrogen-bond acceptors (Lipinski definition) is 2. The molecule has 0 saturated heterocycles. The zero-order chi connectivity index (χ0) is 12.1. The van der Waals surface area contributed by atoms with E-state index in [0.717, 1.165) is 18.4 Å². The zero-order valence-corrected chi connectivity index (χ0v) is 10.2. The molecule has 0 aliphatic heterocycles. The lowest BCUT2D eigenvalue weighted by molar-refractivity contribution is -0.134. The Morgan fingerprint density at radius 3 is 2.12 bits per heavy atom. The first kappa shape index (κ1) is 12.5. The van der Waals surface area contributed by atoms with Crippen LogP contribution in [0.3, 0.4) is 0 Å². The molecule has 1 aromatic rings. The van der Waals surface area contributed by atoms with Gasteiger partial charge in [0.05, 0.1) is 0 Å². The third-order valence-corrected chi connectivity index (χ3v) is 2.54. The highest BCUT2D eigenvalue weighted by molar-refractivity contribution is 5.77. The normalized spacial score (nSPS) is 9.94. The van der Waals surface area contributed by atoms with Crippen molar-refractivity contribution in [3.8, 4) is 0 Å². The first-order chi connectivity index (χ1) is 7.60. The summed E-state index contributed by atoms with van der Waals surface area (Å²) < 4.78 is 5.09. The van der Waals surface area contributed by atoms with Crippen LogP contribution in [0.5, 0.6) is 0 Å². The van der Waals surface area contributed by atoms with Gasteiger partial charge in [-0.1, -0.05) is 38.6 Å². The van der Waals surface area contributed by atoms with Gasteiger partial charge in [-0.2, -0.15) is 0 Å². The average molecular weight is 218 g/mol. The van der Waals surface area contributed by atoms with Gasteiger partial charge in [-0.25, -0.2) is 0 Å². The van der Waals surface area contributed by atoms with Crippen LogP contribution in [0.25, 0.3) is 5.76 Å². The molecule has 0 unspecified atom stereocenters. The van der Waals surface area contributed by atoms with E-state index in [1.54, 1.807) is 0 Å². The Morgan fingerprint density at radius 1 is 1.25 bits per heavy atom. The van der Waals surface area contributed by atoms with Gasteiger partial charge in [-0.3, -0.25) is 4.79 Å². The average Bonchev–Trinajstić information content (AvgIpc) is 2.26. The number of hydrogen-bond donors (Lipinski definition) is 0. The van der Waals surface area contributed by atoms with Gasteiger partial charge in [0, 0.05) is 12.5 Å². The maximum atomic E-state index is 10.9. The van der Waals surface area contributed by atoms with Gasteiger partial charge in [0.1, 0.15) is 5.76 Å². The first-order valence-corrected chi connectivity index (χ1v) is 5.58.